The van der Waals surface area contributed by atoms with Crippen molar-refractivity contribution < 1.29 is 23.5 Å². The highest BCUT2D eigenvalue weighted by molar-refractivity contribution is 5.92. The third kappa shape index (κ3) is 6.79. The summed E-state index contributed by atoms with van der Waals surface area (Å²) in [5, 5.41) is 5.99. The summed E-state index contributed by atoms with van der Waals surface area (Å²) in [6.45, 7) is 2.93. The third-order valence-corrected chi connectivity index (χ3v) is 7.92. The maximum absolute atomic E-state index is 13.9. The van der Waals surface area contributed by atoms with E-state index in [9.17, 15) is 18.8 Å². The zero-order valence-corrected chi connectivity index (χ0v) is 24.2. The Morgan fingerprint density at radius 3 is 2.51 bits per heavy atom. The zero-order chi connectivity index (χ0) is 30.3. The number of hydrogen-bond donors (Lipinski definition) is 1. The number of benzene rings is 2. The van der Waals surface area contributed by atoms with Gasteiger partial charge in [0.1, 0.15) is 18.0 Å². The normalized spacial score (nSPS) is 22.4. The van der Waals surface area contributed by atoms with Gasteiger partial charge in [-0.05, 0) is 29.2 Å². The van der Waals surface area contributed by atoms with Crippen molar-refractivity contribution in [3.8, 4) is 12.3 Å². The first-order valence-electron chi connectivity index (χ1n) is 14.4. The SMILES string of the molecule is C#CCN1CC(=O)N2[C@@H](c3ccccc3)C(=O)N(CCOCC3=CC=C(F)C(C)C3)C[C@@H]2N1C(=O)NCc1ccccc1. The van der Waals surface area contributed by atoms with Crippen LogP contribution in [0.3, 0.4) is 0 Å². The van der Waals surface area contributed by atoms with Crippen LogP contribution < -0.4 is 5.32 Å². The van der Waals surface area contributed by atoms with Crippen LogP contribution in [-0.4, -0.2) is 83.2 Å². The monoisotopic (exact) mass is 585 g/mol. The Hall–Kier alpha value is -4.46. The Kier molecular flexibility index (Phi) is 9.55. The van der Waals surface area contributed by atoms with Crippen LogP contribution in [0.15, 0.2) is 84.2 Å². The Balaban J connectivity index is 1.38. The van der Waals surface area contributed by atoms with Gasteiger partial charge < -0.3 is 19.9 Å². The Morgan fingerprint density at radius 2 is 1.81 bits per heavy atom. The Bertz CT molecular complexity index is 1420. The van der Waals surface area contributed by atoms with Gasteiger partial charge in [0.15, 0.2) is 0 Å². The molecule has 1 aliphatic carbocycles. The van der Waals surface area contributed by atoms with Crippen molar-refractivity contribution >= 4 is 17.8 Å². The van der Waals surface area contributed by atoms with E-state index >= 15 is 0 Å². The Labute approximate surface area is 251 Å². The zero-order valence-electron chi connectivity index (χ0n) is 24.2. The molecule has 2 fully saturated rings. The highest BCUT2D eigenvalue weighted by Crippen LogP contribution is 2.34. The molecule has 0 spiro atoms. The highest BCUT2D eigenvalue weighted by Gasteiger charge is 2.51. The van der Waals surface area contributed by atoms with Crippen LogP contribution in [0.25, 0.3) is 0 Å². The van der Waals surface area contributed by atoms with E-state index in [2.05, 4.69) is 11.2 Å². The van der Waals surface area contributed by atoms with E-state index in [0.717, 1.165) is 11.1 Å². The topological polar surface area (TPSA) is 85.4 Å². The second-order valence-corrected chi connectivity index (χ2v) is 10.9. The number of halogens is 1. The number of nitrogens with one attached hydrogen (secondary N) is 1. The minimum absolute atomic E-state index is 0.0461. The van der Waals surface area contributed by atoms with Crippen molar-refractivity contribution in [1.29, 1.82) is 0 Å². The van der Waals surface area contributed by atoms with Crippen molar-refractivity contribution in [2.24, 2.45) is 5.92 Å². The molecule has 2 saturated heterocycles. The molecule has 4 amide bonds. The van der Waals surface area contributed by atoms with Gasteiger partial charge in [0.2, 0.25) is 11.8 Å². The number of hydrogen-bond acceptors (Lipinski definition) is 5. The summed E-state index contributed by atoms with van der Waals surface area (Å²) in [7, 11) is 0. The van der Waals surface area contributed by atoms with Gasteiger partial charge in [0.25, 0.3) is 0 Å². The smallest absolute Gasteiger partial charge is 0.334 e. The van der Waals surface area contributed by atoms with E-state index in [0.29, 0.717) is 18.6 Å². The second-order valence-electron chi connectivity index (χ2n) is 10.9. The molecule has 0 radical (unpaired) electrons. The summed E-state index contributed by atoms with van der Waals surface area (Å²) < 4.78 is 19.6. The molecule has 0 bridgehead atoms. The van der Waals surface area contributed by atoms with E-state index in [-0.39, 0.29) is 62.9 Å². The van der Waals surface area contributed by atoms with Crippen LogP contribution in [0.4, 0.5) is 9.18 Å². The van der Waals surface area contributed by atoms with E-state index in [1.807, 2.05) is 67.6 Å². The predicted octanol–water partition coefficient (Wildman–Crippen LogP) is 3.64. The van der Waals surface area contributed by atoms with Gasteiger partial charge >= 0.3 is 6.03 Å². The van der Waals surface area contributed by atoms with Crippen molar-refractivity contribution in [1.82, 2.24) is 25.1 Å². The molecule has 2 heterocycles. The molecular weight excluding hydrogens is 549 g/mol. The molecule has 0 saturated carbocycles. The molecule has 3 atom stereocenters. The maximum atomic E-state index is 13.9. The Morgan fingerprint density at radius 1 is 1.09 bits per heavy atom. The van der Waals surface area contributed by atoms with Gasteiger partial charge in [0, 0.05) is 19.0 Å². The number of fused-ring (bicyclic) bond motifs is 1. The average Bonchev–Trinajstić information content (AvgIpc) is 3.01. The number of amides is 4. The fraction of sp³-hybridized carbons (Fsp3) is 0.364. The van der Waals surface area contributed by atoms with Crippen LogP contribution in [0.1, 0.15) is 30.5 Å². The maximum Gasteiger partial charge on any atom is 0.334 e. The summed E-state index contributed by atoms with van der Waals surface area (Å²) in [6.07, 6.45) is 8.65. The van der Waals surface area contributed by atoms with E-state index in [1.165, 1.54) is 16.0 Å². The van der Waals surface area contributed by atoms with Crippen molar-refractivity contribution in [2.45, 2.75) is 32.1 Å². The summed E-state index contributed by atoms with van der Waals surface area (Å²) in [5.74, 6) is 1.70. The van der Waals surface area contributed by atoms with Gasteiger partial charge in [-0.1, -0.05) is 79.6 Å². The number of terminal acetylenes is 1. The lowest BCUT2D eigenvalue weighted by Gasteiger charge is -2.54. The van der Waals surface area contributed by atoms with Crippen LogP contribution >= 0.6 is 0 Å². The molecule has 1 unspecified atom stereocenters. The summed E-state index contributed by atoms with van der Waals surface area (Å²) in [5.41, 5.74) is 2.56. The van der Waals surface area contributed by atoms with Gasteiger partial charge in [-0.2, -0.15) is 5.01 Å². The van der Waals surface area contributed by atoms with Crippen molar-refractivity contribution in [3.05, 3.63) is 95.3 Å². The quantitative estimate of drug-likeness (QED) is 0.359. The van der Waals surface area contributed by atoms with Crippen molar-refractivity contribution in [3.63, 3.8) is 0 Å². The van der Waals surface area contributed by atoms with Crippen LogP contribution in [-0.2, 0) is 20.9 Å². The van der Waals surface area contributed by atoms with E-state index in [4.69, 9.17) is 11.2 Å². The number of carbonyl (C=O) groups is 3. The first-order chi connectivity index (χ1) is 20.9. The molecule has 0 aromatic heterocycles. The van der Waals surface area contributed by atoms with Crippen molar-refractivity contribution in [2.75, 3.05) is 39.4 Å². The summed E-state index contributed by atoms with van der Waals surface area (Å²) in [6, 6.07) is 17.3. The van der Waals surface area contributed by atoms with Crippen LogP contribution in [0.5, 0.6) is 0 Å². The lowest BCUT2D eigenvalue weighted by Crippen LogP contribution is -2.74. The number of urea groups is 1. The van der Waals surface area contributed by atoms with Crippen LogP contribution in [0, 0.1) is 18.3 Å². The van der Waals surface area contributed by atoms with Gasteiger partial charge in [-0.15, -0.1) is 6.42 Å². The van der Waals surface area contributed by atoms with Crippen LogP contribution in [0.2, 0.25) is 0 Å². The molecule has 2 aromatic carbocycles. The second kappa shape index (κ2) is 13.7. The third-order valence-electron chi connectivity index (χ3n) is 7.92. The molecular formula is C33H36FN5O4. The molecule has 43 heavy (non-hydrogen) atoms. The standard InChI is InChI=1S/C33H36FN5O4/c1-3-16-37-22-30(40)38-29(39(37)33(42)35-20-25-10-6-4-7-11-25)21-36(32(41)31(38)27-12-8-5-9-13-27)17-18-43-23-26-14-15-28(34)24(2)19-26/h1,4-15,24,29,31H,16-23H2,2H3,(H,35,42)/t24?,29-,31-/m0/s1. The van der Waals surface area contributed by atoms with E-state index in [1.54, 1.807) is 16.0 Å². The number of hydrazine groups is 1. The minimum Gasteiger partial charge on any atom is -0.375 e. The number of nitrogens with zero attached hydrogens (tertiary/aromatic N) is 4. The minimum atomic E-state index is -0.917. The molecule has 2 aromatic rings. The first kappa shape index (κ1) is 30.0. The van der Waals surface area contributed by atoms with Gasteiger partial charge in [-0.25, -0.2) is 14.2 Å². The fourth-order valence-corrected chi connectivity index (χ4v) is 5.75. The average molecular weight is 586 g/mol. The summed E-state index contributed by atoms with van der Waals surface area (Å²) in [4.78, 5) is 44.4. The number of allylic oxidation sites excluding steroid dienone is 3. The highest BCUT2D eigenvalue weighted by atomic mass is 19.1. The summed E-state index contributed by atoms with van der Waals surface area (Å²) >= 11 is 0. The number of carbonyl (C=O) groups excluding carboxylic acids is 3. The molecule has 3 aliphatic rings. The molecule has 9 nitrogen and oxygen atoms in total. The fourth-order valence-electron chi connectivity index (χ4n) is 5.75. The first-order valence-corrected chi connectivity index (χ1v) is 14.4. The molecule has 5 rings (SSSR count). The lowest BCUT2D eigenvalue weighted by atomic mass is 9.95. The number of rotatable bonds is 9. The molecule has 2 aliphatic heterocycles. The molecule has 224 valence electrons. The van der Waals surface area contributed by atoms with Gasteiger partial charge in [0.05, 0.1) is 32.8 Å². The largest absolute Gasteiger partial charge is 0.375 e. The van der Waals surface area contributed by atoms with Gasteiger partial charge in [-0.3, -0.25) is 9.59 Å². The number of ether oxygens (including phenoxy) is 1. The molecule has 10 heteroatoms. The lowest BCUT2D eigenvalue weighted by molar-refractivity contribution is -0.190. The predicted molar refractivity (Wildman–Crippen MR) is 159 cm³/mol. The molecule has 1 N–H and O–H groups in total. The van der Waals surface area contributed by atoms with E-state index < -0.39 is 18.2 Å². The number of piperazine rings is 1.